The minimum absolute atomic E-state index is 0.00917. The van der Waals surface area contributed by atoms with Crippen LogP contribution < -0.4 is 64.6 Å². The van der Waals surface area contributed by atoms with Crippen LogP contribution >= 0.6 is 11.8 Å². The largest absolute Gasteiger partial charge is 0.394 e. The highest BCUT2D eigenvalue weighted by Crippen LogP contribution is 2.26. The summed E-state index contributed by atoms with van der Waals surface area (Å²) >= 11 is 0.836. The Morgan fingerprint density at radius 3 is 1.64 bits per heavy atom. The quantitative estimate of drug-likeness (QED) is 0.0353. The van der Waals surface area contributed by atoms with E-state index >= 15 is 24.0 Å². The first-order valence-corrected chi connectivity index (χ1v) is 44.9. The molecule has 0 spiro atoms. The Bertz CT molecular complexity index is 4910. The molecular formula is C89H125N21O18S. The van der Waals surface area contributed by atoms with Crippen LogP contribution in [0.4, 0.5) is 0 Å². The van der Waals surface area contributed by atoms with E-state index in [4.69, 9.17) is 11.5 Å². The number of nitrogens with one attached hydrogen (secondary N) is 13. The molecule has 40 heteroatoms. The van der Waals surface area contributed by atoms with Crippen LogP contribution in [0.5, 0.6) is 0 Å². The average Bonchev–Trinajstić information content (AvgIpc) is 1.65. The Morgan fingerprint density at radius 2 is 1.04 bits per heavy atom. The topological polar surface area (TPSA) is 559 Å². The molecule has 0 radical (unpaired) electrons. The number of primary amides is 2. The summed E-state index contributed by atoms with van der Waals surface area (Å²) in [6.45, 7) is 7.92. The second-order valence-electron chi connectivity index (χ2n) is 33.3. The van der Waals surface area contributed by atoms with Crippen molar-refractivity contribution in [3.05, 3.63) is 126 Å². The van der Waals surface area contributed by atoms with Gasteiger partial charge in [0.1, 0.15) is 78.5 Å². The number of carbonyl (C=O) groups excluding carboxylic acids is 17. The molecule has 6 aromatic rings. The van der Waals surface area contributed by atoms with Gasteiger partial charge in [-0.3, -0.25) is 81.5 Å². The van der Waals surface area contributed by atoms with E-state index in [2.05, 4.69) is 73.1 Å². The van der Waals surface area contributed by atoms with Crippen LogP contribution in [0.2, 0.25) is 0 Å². The maximum atomic E-state index is 15.7. The molecule has 2 fully saturated rings. The average molecular weight is 1810 g/mol. The van der Waals surface area contributed by atoms with E-state index in [-0.39, 0.29) is 82.4 Å². The second kappa shape index (κ2) is 49.5. The zero-order valence-corrected chi connectivity index (χ0v) is 75.6. The van der Waals surface area contributed by atoms with Gasteiger partial charge in [0.25, 0.3) is 0 Å². The number of likely N-dealkylation sites (N-methyl/N-ethyl adjacent to an activating group) is 4. The molecule has 8 rings (SSSR count). The van der Waals surface area contributed by atoms with Crippen molar-refractivity contribution in [3.63, 3.8) is 0 Å². The number of fused-ring (bicyclic) bond motifs is 3. The van der Waals surface area contributed by atoms with Gasteiger partial charge in [0.15, 0.2) is 0 Å². The third-order valence-electron chi connectivity index (χ3n) is 23.0. The van der Waals surface area contributed by atoms with Gasteiger partial charge in [0, 0.05) is 112 Å². The summed E-state index contributed by atoms with van der Waals surface area (Å²) in [6, 6.07) is 3.56. The fourth-order valence-corrected chi connectivity index (χ4v) is 16.5. The summed E-state index contributed by atoms with van der Waals surface area (Å²) in [4.78, 5) is 267. The maximum Gasteiger partial charge on any atom is 0.246 e. The lowest BCUT2D eigenvalue weighted by Gasteiger charge is -2.36. The molecule has 2 aliphatic rings. The Kier molecular flexibility index (Phi) is 39.0. The monoisotopic (exact) mass is 1810 g/mol. The molecule has 0 unspecified atom stereocenters. The number of hydrogen-bond donors (Lipinski definition) is 16. The van der Waals surface area contributed by atoms with E-state index in [0.29, 0.717) is 82.7 Å². The number of imidazole rings is 1. The number of H-pyrrole nitrogens is 3. The van der Waals surface area contributed by atoms with Crippen molar-refractivity contribution >= 4 is 134 Å². The van der Waals surface area contributed by atoms with Crippen molar-refractivity contribution in [2.45, 2.75) is 229 Å². The van der Waals surface area contributed by atoms with Crippen molar-refractivity contribution in [1.82, 2.24) is 97.6 Å². The fourth-order valence-electron chi connectivity index (χ4n) is 15.7. The van der Waals surface area contributed by atoms with Crippen LogP contribution in [-0.4, -0.2) is 294 Å². The molecule has 17 amide bonds. The number of carbonyl (C=O) groups is 17. The molecule has 0 aliphatic carbocycles. The smallest absolute Gasteiger partial charge is 0.246 e. The fraction of sp³-hybridized carbons (Fsp3) is 0.528. The van der Waals surface area contributed by atoms with Crippen molar-refractivity contribution in [3.8, 4) is 0 Å². The summed E-state index contributed by atoms with van der Waals surface area (Å²) in [7, 11) is 5.33. The Morgan fingerprint density at radius 1 is 0.519 bits per heavy atom. The molecule has 5 heterocycles. The standard InChI is InChI=1S/C89H125N21O18S/c1-11-14-29-61-79(118)105-69(78(117)95-45-74(91)113)48-129-49-76(115)98-65(37-53-25-18-17-19-26-53)86(125)107(8)52(6)77(116)101-67(41-73(90)112)88(127)110-35-24-34-71(110)84(123)100-63(40-56-44-92-50-96-56)81(120)102-64(36-51(4)5)85(124)106(7)46-75(114)97-62(38-54-42-93-59-30-22-20-27-57(54)59)80(119)104-68(47-111)82(121)103-66(39-55-43-94-60-31-23-21-28-58(55)60)87(126)109(10)72(33-16-13-3)89(128)108(9)70(32-15-12-2)83(122)99-61/h17-23,25-28,30-31,42-44,50-52,61-72,93-94,111H,11-16,24,29,32-41,45-49H2,1-10H3,(H2,90,112)(H2,91,113)(H,92,96)(H,95,117)(H,97,114)(H,98,115)(H,99,122)(H,100,123)(H,101,116)(H,102,120)(H,103,121)(H,104,119)(H,105,118)/t52-,61-,62-,63-,64-,65-,66-,67-,68-,69-,70-,71-,72-/m0/s1. The minimum Gasteiger partial charge on any atom is -0.394 e. The van der Waals surface area contributed by atoms with Gasteiger partial charge >= 0.3 is 0 Å². The van der Waals surface area contributed by atoms with E-state index in [1.54, 1.807) is 105 Å². The molecule has 700 valence electrons. The SMILES string of the molecule is CCCC[C@@H]1NC(=O)[C@H](CCCC)N(C)C(=O)[C@H](CCCC)N(C)C(=O)[C@H](Cc2c[nH]c3ccccc23)NC(=O)[C@H](CO)NC(=O)[C@H](Cc2c[nH]c3ccccc23)NC(=O)CN(C)C(=O)[C@H](CC(C)C)NC(=O)[C@H](Cc2cnc[nH]2)NC(=O)[C@@H]2CCCN2C(=O)[C@H](CC(N)=O)NC(=O)[C@H](C)N(C)C(=O)[C@H](Cc2ccccc2)NC(=O)CSC[C@@H](C(=O)NCC(N)=O)NC1=O. The lowest BCUT2D eigenvalue weighted by atomic mass is 10.00. The van der Waals surface area contributed by atoms with Crippen LogP contribution in [0.1, 0.15) is 147 Å². The number of aliphatic hydroxyl groups is 1. The van der Waals surface area contributed by atoms with Gasteiger partial charge in [0.2, 0.25) is 100 Å². The highest BCUT2D eigenvalue weighted by molar-refractivity contribution is 8.00. The molecule has 2 aliphatic heterocycles. The third-order valence-corrected chi connectivity index (χ3v) is 24.0. The predicted octanol–water partition coefficient (Wildman–Crippen LogP) is -0.211. The number of amides is 17. The van der Waals surface area contributed by atoms with Gasteiger partial charge in [-0.15, -0.1) is 11.8 Å². The second-order valence-corrected chi connectivity index (χ2v) is 34.3. The molecule has 3 aromatic heterocycles. The van der Waals surface area contributed by atoms with E-state index in [9.17, 15) is 62.6 Å². The molecule has 18 N–H and O–H groups in total. The molecule has 0 saturated carbocycles. The zero-order valence-electron chi connectivity index (χ0n) is 74.8. The van der Waals surface area contributed by atoms with Gasteiger partial charge in [-0.05, 0) is 80.2 Å². The Labute approximate surface area is 753 Å². The highest BCUT2D eigenvalue weighted by Gasteiger charge is 2.44. The number of aromatic amines is 3. The molecule has 2 saturated heterocycles. The lowest BCUT2D eigenvalue weighted by molar-refractivity contribution is -0.149. The lowest BCUT2D eigenvalue weighted by Crippen LogP contribution is -2.61. The summed E-state index contributed by atoms with van der Waals surface area (Å²) in [5.74, 6) is -16.1. The van der Waals surface area contributed by atoms with Gasteiger partial charge in [-0.1, -0.05) is 140 Å². The predicted molar refractivity (Wildman–Crippen MR) is 480 cm³/mol. The molecule has 13 atom stereocenters. The number of nitrogens with two attached hydrogens (primary N) is 2. The van der Waals surface area contributed by atoms with E-state index in [1.807, 2.05) is 20.8 Å². The van der Waals surface area contributed by atoms with Gasteiger partial charge in [0.05, 0.1) is 38.2 Å². The number of hydrogen-bond acceptors (Lipinski definition) is 20. The number of aliphatic hydroxyl groups excluding tert-OH is 1. The van der Waals surface area contributed by atoms with Crippen molar-refractivity contribution in [1.29, 1.82) is 0 Å². The number of unbranched alkanes of at least 4 members (excludes halogenated alkanes) is 3. The van der Waals surface area contributed by atoms with E-state index < -0.39 is 211 Å². The zero-order chi connectivity index (χ0) is 94.3. The minimum atomic E-state index is -1.83. The number of rotatable bonds is 25. The van der Waals surface area contributed by atoms with Gasteiger partial charge < -0.3 is 109 Å². The van der Waals surface area contributed by atoms with Crippen LogP contribution in [-0.2, 0) is 107 Å². The van der Waals surface area contributed by atoms with E-state index in [0.717, 1.165) is 26.5 Å². The van der Waals surface area contributed by atoms with Gasteiger partial charge in [-0.25, -0.2) is 4.98 Å². The first kappa shape index (κ1) is 102. The summed E-state index contributed by atoms with van der Waals surface area (Å²) < 4.78 is 0. The van der Waals surface area contributed by atoms with Crippen molar-refractivity contribution in [2.24, 2.45) is 17.4 Å². The first-order valence-electron chi connectivity index (χ1n) is 43.8. The third kappa shape index (κ3) is 29.1. The number of thioether (sulfide) groups is 1. The molecule has 3 aromatic carbocycles. The van der Waals surface area contributed by atoms with Gasteiger partial charge in [-0.2, -0.15) is 0 Å². The summed E-state index contributed by atoms with van der Waals surface area (Å²) in [6.07, 6.45) is 7.42. The molecule has 0 bridgehead atoms. The number of nitrogens with zero attached hydrogens (tertiary/aromatic N) is 6. The number of aromatic nitrogens is 4. The normalized spacial score (nSPS) is 23.8. The molecule has 39 nitrogen and oxygen atoms in total. The highest BCUT2D eigenvalue weighted by atomic mass is 32.2. The molecular weight excluding hydrogens is 1680 g/mol. The van der Waals surface area contributed by atoms with Crippen LogP contribution in [0.25, 0.3) is 21.8 Å². The Hall–Kier alpha value is -12.8. The summed E-state index contributed by atoms with van der Waals surface area (Å²) in [5.41, 5.74) is 14.5. The van der Waals surface area contributed by atoms with Crippen LogP contribution in [0.15, 0.2) is 104 Å². The van der Waals surface area contributed by atoms with E-state index in [1.165, 1.54) is 57.4 Å². The number of benzene rings is 3. The summed E-state index contributed by atoms with van der Waals surface area (Å²) in [5, 5.41) is 39.2. The van der Waals surface area contributed by atoms with Crippen LogP contribution in [0, 0.1) is 5.92 Å². The van der Waals surface area contributed by atoms with Crippen molar-refractivity contribution < 1.29 is 86.6 Å². The van der Waals surface area contributed by atoms with Crippen LogP contribution in [0.3, 0.4) is 0 Å². The maximum absolute atomic E-state index is 15.7. The Balaban J connectivity index is 1.17. The molecule has 129 heavy (non-hydrogen) atoms. The number of para-hydroxylation sites is 2. The first-order chi connectivity index (χ1) is 61.6. The van der Waals surface area contributed by atoms with Crippen molar-refractivity contribution in [2.75, 3.05) is 65.9 Å².